The molecule has 0 spiro atoms. The SMILES string of the molecule is COc1ccc(Cl)cc1-c1nn2c(-c3cccc(F)c3F)nnc2s1. The topological polar surface area (TPSA) is 52.3 Å². The van der Waals surface area contributed by atoms with Crippen LogP contribution in [0.5, 0.6) is 5.75 Å². The number of halogens is 3. The van der Waals surface area contributed by atoms with Gasteiger partial charge in [0.2, 0.25) is 4.96 Å². The summed E-state index contributed by atoms with van der Waals surface area (Å²) in [6, 6.07) is 9.02. The summed E-state index contributed by atoms with van der Waals surface area (Å²) in [6.45, 7) is 0. The predicted molar refractivity (Wildman–Crippen MR) is 91.0 cm³/mol. The Balaban J connectivity index is 1.90. The van der Waals surface area contributed by atoms with Crippen molar-refractivity contribution in [1.29, 1.82) is 0 Å². The van der Waals surface area contributed by atoms with Crippen molar-refractivity contribution in [3.05, 3.63) is 53.1 Å². The van der Waals surface area contributed by atoms with E-state index >= 15 is 0 Å². The van der Waals surface area contributed by atoms with Crippen LogP contribution in [0.25, 0.3) is 26.9 Å². The Kier molecular flexibility index (Phi) is 3.85. The van der Waals surface area contributed by atoms with Gasteiger partial charge in [-0.05, 0) is 30.3 Å². The fraction of sp³-hybridized carbons (Fsp3) is 0.0625. The van der Waals surface area contributed by atoms with Crippen molar-refractivity contribution in [3.8, 4) is 27.7 Å². The number of nitrogens with zero attached hydrogens (tertiary/aromatic N) is 4. The Morgan fingerprint density at radius 2 is 1.96 bits per heavy atom. The van der Waals surface area contributed by atoms with Crippen molar-refractivity contribution in [3.63, 3.8) is 0 Å². The van der Waals surface area contributed by atoms with Gasteiger partial charge in [-0.25, -0.2) is 8.78 Å². The highest BCUT2D eigenvalue weighted by Gasteiger charge is 2.20. The molecule has 0 aliphatic heterocycles. The lowest BCUT2D eigenvalue weighted by molar-refractivity contribution is 0.416. The molecule has 0 unspecified atom stereocenters. The number of aromatic nitrogens is 4. The van der Waals surface area contributed by atoms with Gasteiger partial charge in [-0.2, -0.15) is 9.61 Å². The van der Waals surface area contributed by atoms with Crippen molar-refractivity contribution in [2.45, 2.75) is 0 Å². The van der Waals surface area contributed by atoms with Crippen LogP contribution in [0, 0.1) is 11.6 Å². The third-order valence-electron chi connectivity index (χ3n) is 3.58. The number of hydrogen-bond acceptors (Lipinski definition) is 5. The highest BCUT2D eigenvalue weighted by molar-refractivity contribution is 7.19. The Labute approximate surface area is 149 Å². The fourth-order valence-corrected chi connectivity index (χ4v) is 3.45. The Morgan fingerprint density at radius 1 is 1.12 bits per heavy atom. The quantitative estimate of drug-likeness (QED) is 0.528. The van der Waals surface area contributed by atoms with Gasteiger partial charge in [0, 0.05) is 5.02 Å². The fourth-order valence-electron chi connectivity index (χ4n) is 2.42. The summed E-state index contributed by atoms with van der Waals surface area (Å²) in [6.07, 6.45) is 0. The van der Waals surface area contributed by atoms with Crippen molar-refractivity contribution >= 4 is 27.9 Å². The minimum Gasteiger partial charge on any atom is -0.496 e. The van der Waals surface area contributed by atoms with Gasteiger partial charge in [0.05, 0.1) is 18.2 Å². The van der Waals surface area contributed by atoms with Crippen LogP contribution >= 0.6 is 22.9 Å². The summed E-state index contributed by atoms with van der Waals surface area (Å²) in [7, 11) is 1.54. The van der Waals surface area contributed by atoms with E-state index in [1.165, 1.54) is 28.0 Å². The maximum Gasteiger partial charge on any atom is 0.235 e. The number of benzene rings is 2. The second kappa shape index (κ2) is 6.05. The lowest BCUT2D eigenvalue weighted by Gasteiger charge is -2.05. The van der Waals surface area contributed by atoms with E-state index in [1.54, 1.807) is 25.3 Å². The molecule has 0 atom stereocenters. The van der Waals surface area contributed by atoms with Gasteiger partial charge in [-0.15, -0.1) is 10.2 Å². The molecule has 2 aromatic carbocycles. The van der Waals surface area contributed by atoms with Crippen LogP contribution in [0.3, 0.4) is 0 Å². The van der Waals surface area contributed by atoms with Crippen LogP contribution in [0.4, 0.5) is 8.78 Å². The van der Waals surface area contributed by atoms with Crippen LogP contribution in [0.15, 0.2) is 36.4 Å². The van der Waals surface area contributed by atoms with Gasteiger partial charge in [-0.1, -0.05) is 29.0 Å². The monoisotopic (exact) mass is 378 g/mol. The van der Waals surface area contributed by atoms with Crippen LogP contribution in [0.1, 0.15) is 0 Å². The molecular formula is C16H9ClF2N4OS. The predicted octanol–water partition coefficient (Wildman–Crippen LogP) is 4.46. The Morgan fingerprint density at radius 3 is 2.76 bits per heavy atom. The molecule has 2 aromatic heterocycles. The van der Waals surface area contributed by atoms with E-state index in [-0.39, 0.29) is 11.4 Å². The van der Waals surface area contributed by atoms with E-state index in [9.17, 15) is 8.78 Å². The molecule has 0 aliphatic rings. The van der Waals surface area contributed by atoms with E-state index in [2.05, 4.69) is 15.3 Å². The smallest absolute Gasteiger partial charge is 0.235 e. The van der Waals surface area contributed by atoms with E-state index in [0.717, 1.165) is 6.07 Å². The third-order valence-corrected chi connectivity index (χ3v) is 4.74. The number of methoxy groups -OCH3 is 1. The van der Waals surface area contributed by atoms with E-state index in [4.69, 9.17) is 16.3 Å². The summed E-state index contributed by atoms with van der Waals surface area (Å²) in [4.78, 5) is 0.440. The summed E-state index contributed by atoms with van der Waals surface area (Å²) < 4.78 is 34.3. The normalized spacial score (nSPS) is 11.2. The van der Waals surface area contributed by atoms with E-state index in [1.807, 2.05) is 0 Å². The molecule has 2 heterocycles. The van der Waals surface area contributed by atoms with Gasteiger partial charge >= 0.3 is 0 Å². The number of fused-ring (bicyclic) bond motifs is 1. The first-order valence-corrected chi connectivity index (χ1v) is 8.28. The first-order valence-electron chi connectivity index (χ1n) is 7.09. The van der Waals surface area contributed by atoms with Crippen molar-refractivity contribution in [2.24, 2.45) is 0 Å². The standard InChI is InChI=1S/C16H9ClF2N4OS/c1-24-12-6-5-8(17)7-10(12)15-22-23-14(20-21-16(23)25-15)9-3-2-4-11(18)13(9)19/h2-7H,1H3. The van der Waals surface area contributed by atoms with Gasteiger partial charge in [0.15, 0.2) is 22.5 Å². The third kappa shape index (κ3) is 2.63. The Hall–Kier alpha value is -2.58. The van der Waals surface area contributed by atoms with Crippen molar-refractivity contribution in [1.82, 2.24) is 19.8 Å². The molecule has 0 N–H and O–H groups in total. The second-order valence-electron chi connectivity index (χ2n) is 5.07. The summed E-state index contributed by atoms with van der Waals surface area (Å²) in [5, 5.41) is 13.4. The zero-order valence-corrected chi connectivity index (χ0v) is 14.3. The van der Waals surface area contributed by atoms with Crippen LogP contribution in [0.2, 0.25) is 5.02 Å². The minimum atomic E-state index is -0.994. The number of ether oxygens (including phenoxy) is 1. The molecule has 0 saturated carbocycles. The Bertz CT molecular complexity index is 1100. The van der Waals surface area contributed by atoms with Crippen molar-refractivity contribution < 1.29 is 13.5 Å². The average molecular weight is 379 g/mol. The first kappa shape index (κ1) is 15.9. The molecule has 4 rings (SSSR count). The first-order chi connectivity index (χ1) is 12.1. The molecule has 0 aliphatic carbocycles. The lowest BCUT2D eigenvalue weighted by Crippen LogP contribution is -1.96. The summed E-state index contributed by atoms with van der Waals surface area (Å²) in [5.74, 6) is -1.24. The molecule has 5 nitrogen and oxygen atoms in total. The molecule has 25 heavy (non-hydrogen) atoms. The maximum absolute atomic E-state index is 14.1. The summed E-state index contributed by atoms with van der Waals surface area (Å²) >= 11 is 7.29. The van der Waals surface area contributed by atoms with E-state index in [0.29, 0.717) is 26.3 Å². The highest BCUT2D eigenvalue weighted by Crippen LogP contribution is 2.36. The molecule has 4 aromatic rings. The molecule has 0 radical (unpaired) electrons. The van der Waals surface area contributed by atoms with Gasteiger partial charge in [0.1, 0.15) is 5.75 Å². The lowest BCUT2D eigenvalue weighted by atomic mass is 10.2. The average Bonchev–Trinajstić information content (AvgIpc) is 3.18. The molecule has 9 heteroatoms. The molecule has 0 fully saturated rings. The molecule has 0 saturated heterocycles. The zero-order valence-electron chi connectivity index (χ0n) is 12.7. The molecule has 0 bridgehead atoms. The minimum absolute atomic E-state index is 0.0117. The van der Waals surface area contributed by atoms with Crippen LogP contribution in [-0.4, -0.2) is 26.9 Å². The second-order valence-corrected chi connectivity index (χ2v) is 6.46. The number of hydrogen-bond donors (Lipinski definition) is 0. The summed E-state index contributed by atoms with van der Waals surface area (Å²) in [5.41, 5.74) is 0.665. The van der Waals surface area contributed by atoms with Crippen molar-refractivity contribution in [2.75, 3.05) is 7.11 Å². The van der Waals surface area contributed by atoms with E-state index < -0.39 is 11.6 Å². The molecule has 126 valence electrons. The largest absolute Gasteiger partial charge is 0.496 e. The van der Waals surface area contributed by atoms with Crippen LogP contribution < -0.4 is 4.74 Å². The molecule has 0 amide bonds. The van der Waals surface area contributed by atoms with Gasteiger partial charge in [0.25, 0.3) is 0 Å². The van der Waals surface area contributed by atoms with Crippen LogP contribution in [-0.2, 0) is 0 Å². The maximum atomic E-state index is 14.1. The van der Waals surface area contributed by atoms with Gasteiger partial charge < -0.3 is 4.74 Å². The zero-order chi connectivity index (χ0) is 17.6. The van der Waals surface area contributed by atoms with Gasteiger partial charge in [-0.3, -0.25) is 0 Å². The number of rotatable bonds is 3. The molecular weight excluding hydrogens is 370 g/mol. The highest BCUT2D eigenvalue weighted by atomic mass is 35.5.